The monoisotopic (exact) mass is 791 g/mol. The minimum absolute atomic E-state index is 0. The Labute approximate surface area is 290 Å². The predicted octanol–water partition coefficient (Wildman–Crippen LogP) is 12.0. The summed E-state index contributed by atoms with van der Waals surface area (Å²) in [5.41, 5.74) is 10.8. The van der Waals surface area contributed by atoms with Crippen molar-refractivity contribution in [3.8, 4) is 11.3 Å². The Morgan fingerprint density at radius 3 is 2.15 bits per heavy atom. The van der Waals surface area contributed by atoms with Crippen LogP contribution in [0.15, 0.2) is 132 Å². The van der Waals surface area contributed by atoms with E-state index < -0.39 is 0 Å². The standard InChI is InChI=1S/C31H28N2O.C11H8N.Ir/c1-19(2)21-12-9-13-22(20(3)4)29(21)33-27-17-7-6-16-26(27)32-31(33)25-15-10-14-24-23-11-5-8-18-28(23)34-30(24)25;1-2-6-10(7-3-1)11-8-4-5-9-12-11;/h5-14,16-20,31H,1-4H3;1-6,8-9H;/q-2;-1;+3. The minimum Gasteiger partial charge on any atom is -0.661 e. The molecule has 0 bridgehead atoms. The first-order valence-corrected chi connectivity index (χ1v) is 15.9. The average molecular weight is 791 g/mol. The molecule has 0 radical (unpaired) electrons. The van der Waals surface area contributed by atoms with Crippen molar-refractivity contribution in [2.45, 2.75) is 45.7 Å². The van der Waals surface area contributed by atoms with Crippen molar-refractivity contribution < 1.29 is 24.5 Å². The molecule has 5 aromatic carbocycles. The van der Waals surface area contributed by atoms with E-state index in [1.807, 2.05) is 60.7 Å². The number of hydrogen-bond donors (Lipinski definition) is 0. The van der Waals surface area contributed by atoms with Crippen molar-refractivity contribution in [2.24, 2.45) is 0 Å². The van der Waals surface area contributed by atoms with Gasteiger partial charge in [-0.2, -0.15) is 18.2 Å². The molecule has 0 saturated heterocycles. The van der Waals surface area contributed by atoms with Crippen LogP contribution in [0.5, 0.6) is 0 Å². The van der Waals surface area contributed by atoms with E-state index in [0.29, 0.717) is 11.8 Å². The molecule has 0 fully saturated rings. The van der Waals surface area contributed by atoms with Gasteiger partial charge in [-0.05, 0) is 53.0 Å². The van der Waals surface area contributed by atoms with Crippen LogP contribution in [-0.2, 0) is 20.1 Å². The molecule has 0 amide bonds. The Morgan fingerprint density at radius 2 is 1.43 bits per heavy atom. The Bertz CT molecular complexity index is 2040. The van der Waals surface area contributed by atoms with Gasteiger partial charge in [-0.1, -0.05) is 99.8 Å². The second-order valence-corrected chi connectivity index (χ2v) is 12.2. The number of furan rings is 1. The fourth-order valence-electron chi connectivity index (χ4n) is 6.30. The number of rotatable bonds is 5. The number of nitrogens with zero attached hydrogens (tertiary/aromatic N) is 3. The van der Waals surface area contributed by atoms with E-state index in [-0.39, 0.29) is 26.3 Å². The Morgan fingerprint density at radius 1 is 0.702 bits per heavy atom. The molecule has 5 heteroatoms. The van der Waals surface area contributed by atoms with Gasteiger partial charge in [0.05, 0.1) is 0 Å². The third kappa shape index (κ3) is 6.22. The van der Waals surface area contributed by atoms with E-state index in [1.165, 1.54) is 16.8 Å². The normalized spacial score (nSPS) is 13.7. The summed E-state index contributed by atoms with van der Waals surface area (Å²) in [6, 6.07) is 47.8. The summed E-state index contributed by atoms with van der Waals surface area (Å²) in [7, 11) is 0. The molecule has 0 saturated carbocycles. The maximum Gasteiger partial charge on any atom is 3.00 e. The zero-order valence-corrected chi connectivity index (χ0v) is 29.3. The summed E-state index contributed by atoms with van der Waals surface area (Å²) in [5.74, 6) is 0.765. The van der Waals surface area contributed by atoms with Gasteiger partial charge >= 0.3 is 20.1 Å². The molecule has 1 atom stereocenters. The first-order valence-electron chi connectivity index (χ1n) is 15.9. The maximum absolute atomic E-state index is 6.42. The van der Waals surface area contributed by atoms with Crippen molar-refractivity contribution in [3.05, 3.63) is 162 Å². The number of anilines is 2. The Kier molecular flexibility index (Phi) is 9.58. The number of benzene rings is 5. The van der Waals surface area contributed by atoms with Crippen LogP contribution in [0.1, 0.15) is 62.4 Å². The van der Waals surface area contributed by atoms with E-state index in [0.717, 1.165) is 50.1 Å². The predicted molar refractivity (Wildman–Crippen MR) is 190 cm³/mol. The van der Waals surface area contributed by atoms with Crippen LogP contribution in [0.25, 0.3) is 38.5 Å². The van der Waals surface area contributed by atoms with E-state index in [2.05, 4.69) is 110 Å². The quantitative estimate of drug-likeness (QED) is 0.163. The van der Waals surface area contributed by atoms with Crippen molar-refractivity contribution in [2.75, 3.05) is 4.90 Å². The molecule has 7 aromatic rings. The van der Waals surface area contributed by atoms with Gasteiger partial charge in [0.25, 0.3) is 0 Å². The molecule has 1 unspecified atom stereocenters. The van der Waals surface area contributed by atoms with Crippen LogP contribution in [-0.4, -0.2) is 4.98 Å². The van der Waals surface area contributed by atoms with Gasteiger partial charge in [0.2, 0.25) is 0 Å². The summed E-state index contributed by atoms with van der Waals surface area (Å²) in [6.45, 7) is 9.07. The molecule has 4 nitrogen and oxygen atoms in total. The molecular formula is C42H36IrN3O. The summed E-state index contributed by atoms with van der Waals surface area (Å²) < 4.78 is 6.42. The summed E-state index contributed by atoms with van der Waals surface area (Å²) in [4.78, 5) is 6.63. The number of pyridine rings is 1. The van der Waals surface area contributed by atoms with Gasteiger partial charge in [-0.15, -0.1) is 47.1 Å². The molecule has 2 aromatic heterocycles. The average Bonchev–Trinajstić information content (AvgIpc) is 3.68. The second kappa shape index (κ2) is 14.0. The van der Waals surface area contributed by atoms with Gasteiger partial charge in [0, 0.05) is 28.5 Å². The van der Waals surface area contributed by atoms with E-state index in [4.69, 9.17) is 9.73 Å². The molecule has 0 spiro atoms. The molecule has 234 valence electrons. The van der Waals surface area contributed by atoms with Crippen molar-refractivity contribution in [1.29, 1.82) is 0 Å². The van der Waals surface area contributed by atoms with Gasteiger partial charge in [0.15, 0.2) is 0 Å². The smallest absolute Gasteiger partial charge is 0.661 e. The molecule has 0 N–H and O–H groups in total. The first kappa shape index (κ1) is 32.2. The van der Waals surface area contributed by atoms with Crippen molar-refractivity contribution in [3.63, 3.8) is 0 Å². The van der Waals surface area contributed by atoms with Crippen LogP contribution >= 0.6 is 0 Å². The van der Waals surface area contributed by atoms with E-state index in [1.54, 1.807) is 6.20 Å². The summed E-state index contributed by atoms with van der Waals surface area (Å²) in [5, 5.41) is 7.47. The molecule has 47 heavy (non-hydrogen) atoms. The van der Waals surface area contributed by atoms with Crippen molar-refractivity contribution in [1.82, 2.24) is 4.98 Å². The van der Waals surface area contributed by atoms with Gasteiger partial charge in [-0.25, -0.2) is 0 Å². The summed E-state index contributed by atoms with van der Waals surface area (Å²) >= 11 is 0. The SMILES string of the molecule is CC(C)c1cccc(C(C)C)c1N1c2ccccc2[N-]C1c1[c-]ccc2c1oc1ccccc12.[Ir+3].[c-]1ccccc1-c1ccccn1. The zero-order chi connectivity index (χ0) is 31.6. The zero-order valence-electron chi connectivity index (χ0n) is 26.9. The van der Waals surface area contributed by atoms with E-state index >= 15 is 0 Å². The minimum atomic E-state index is -0.251. The molecular weight excluding hydrogens is 755 g/mol. The number of fused-ring (bicyclic) bond motifs is 4. The largest absolute Gasteiger partial charge is 3.00 e. The molecule has 8 rings (SSSR count). The third-order valence-electron chi connectivity index (χ3n) is 8.51. The second-order valence-electron chi connectivity index (χ2n) is 12.2. The van der Waals surface area contributed by atoms with Crippen molar-refractivity contribution >= 4 is 39.0 Å². The van der Waals surface area contributed by atoms with Crippen LogP contribution in [0.3, 0.4) is 0 Å². The maximum atomic E-state index is 6.42. The fourth-order valence-corrected chi connectivity index (χ4v) is 6.30. The molecule has 3 heterocycles. The Hall–Kier alpha value is -4.70. The van der Waals surface area contributed by atoms with Crippen LogP contribution in [0.2, 0.25) is 0 Å². The summed E-state index contributed by atoms with van der Waals surface area (Å²) in [6.07, 6.45) is 1.54. The van der Waals surface area contributed by atoms with Gasteiger partial charge < -0.3 is 19.6 Å². The van der Waals surface area contributed by atoms with Crippen LogP contribution in [0.4, 0.5) is 17.1 Å². The van der Waals surface area contributed by atoms with E-state index in [9.17, 15) is 0 Å². The van der Waals surface area contributed by atoms with Gasteiger partial charge in [-0.3, -0.25) is 0 Å². The Balaban J connectivity index is 0.000000250. The fraction of sp³-hybridized carbons (Fsp3) is 0.167. The number of para-hydroxylation sites is 4. The topological polar surface area (TPSA) is 43.4 Å². The molecule has 1 aliphatic heterocycles. The number of hydrogen-bond acceptors (Lipinski definition) is 3. The third-order valence-corrected chi connectivity index (χ3v) is 8.51. The first-order chi connectivity index (χ1) is 22.5. The van der Waals surface area contributed by atoms with Crippen LogP contribution in [0, 0.1) is 12.1 Å². The number of aromatic nitrogens is 1. The molecule has 1 aliphatic rings. The molecule has 0 aliphatic carbocycles. The van der Waals surface area contributed by atoms with Crippen LogP contribution < -0.4 is 4.90 Å². The van der Waals surface area contributed by atoms with Gasteiger partial charge in [0.1, 0.15) is 5.58 Å².